The quantitative estimate of drug-likeness (QED) is 0.236. The van der Waals surface area contributed by atoms with E-state index in [0.717, 1.165) is 67.3 Å². The monoisotopic (exact) mass is 513 g/mol. The van der Waals surface area contributed by atoms with Gasteiger partial charge >= 0.3 is 0 Å². The maximum Gasteiger partial charge on any atom is 0.260 e. The minimum Gasteiger partial charge on any atom is -0.458 e. The van der Waals surface area contributed by atoms with Crippen molar-refractivity contribution in [1.29, 1.82) is 0 Å². The van der Waals surface area contributed by atoms with Gasteiger partial charge in [0.15, 0.2) is 0 Å². The van der Waals surface area contributed by atoms with Crippen molar-refractivity contribution in [1.82, 2.24) is 4.98 Å². The first kappa shape index (κ1) is 22.9. The molecular formula is C36H24BNO2. The van der Waals surface area contributed by atoms with Crippen LogP contribution in [0.2, 0.25) is 0 Å². The average molecular weight is 513 g/mol. The zero-order chi connectivity index (χ0) is 26.6. The largest absolute Gasteiger partial charge is 0.458 e. The summed E-state index contributed by atoms with van der Waals surface area (Å²) in [5.41, 5.74) is 11.1. The normalized spacial score (nSPS) is 12.5. The van der Waals surface area contributed by atoms with E-state index in [2.05, 4.69) is 108 Å². The number of rotatable bonds is 3. The molecule has 0 saturated heterocycles. The number of pyridine rings is 1. The van der Waals surface area contributed by atoms with Gasteiger partial charge in [-0.1, -0.05) is 84.9 Å². The van der Waals surface area contributed by atoms with Gasteiger partial charge in [0.05, 0.1) is 0 Å². The van der Waals surface area contributed by atoms with Crippen molar-refractivity contribution in [2.75, 3.05) is 0 Å². The Balaban J connectivity index is 1.33. The molecule has 188 valence electrons. The smallest absolute Gasteiger partial charge is 0.260 e. The summed E-state index contributed by atoms with van der Waals surface area (Å²) in [5.74, 6) is 3.44. The number of hydrogen-bond acceptors (Lipinski definition) is 3. The van der Waals surface area contributed by atoms with Crippen molar-refractivity contribution in [3.8, 4) is 56.4 Å². The number of fused-ring (bicyclic) bond motifs is 4. The molecule has 0 saturated carbocycles. The second-order valence-electron chi connectivity index (χ2n) is 10.4. The fourth-order valence-corrected chi connectivity index (χ4v) is 6.00. The fourth-order valence-electron chi connectivity index (χ4n) is 6.00. The maximum atomic E-state index is 6.69. The van der Waals surface area contributed by atoms with Crippen LogP contribution >= 0.6 is 0 Å². The molecule has 0 atom stereocenters. The SMILES string of the molecule is Cc1cc(-c2cc3c4c(c2)Oc2cc(-c5ccccc5)ccc2B4c2ccc(-c4ccccc4)cc2O3)ccn1. The van der Waals surface area contributed by atoms with E-state index in [1.54, 1.807) is 0 Å². The third kappa shape index (κ3) is 3.72. The molecule has 0 radical (unpaired) electrons. The van der Waals surface area contributed by atoms with E-state index in [4.69, 9.17) is 9.47 Å². The van der Waals surface area contributed by atoms with E-state index in [1.807, 2.05) is 31.3 Å². The molecule has 0 aliphatic carbocycles. The lowest BCUT2D eigenvalue weighted by molar-refractivity contribution is 0.465. The molecule has 3 nitrogen and oxygen atoms in total. The Kier molecular flexibility index (Phi) is 5.14. The lowest BCUT2D eigenvalue weighted by atomic mass is 9.34. The molecule has 4 heteroatoms. The van der Waals surface area contributed by atoms with Gasteiger partial charge in [-0.15, -0.1) is 0 Å². The molecule has 0 bridgehead atoms. The zero-order valence-corrected chi connectivity index (χ0v) is 22.0. The predicted octanol–water partition coefficient (Wildman–Crippen LogP) is 7.12. The van der Waals surface area contributed by atoms with Gasteiger partial charge in [-0.25, -0.2) is 0 Å². The van der Waals surface area contributed by atoms with Crippen molar-refractivity contribution in [2.45, 2.75) is 6.92 Å². The average Bonchev–Trinajstić information content (AvgIpc) is 3.01. The van der Waals surface area contributed by atoms with E-state index < -0.39 is 0 Å². The third-order valence-corrected chi connectivity index (χ3v) is 7.93. The van der Waals surface area contributed by atoms with E-state index >= 15 is 0 Å². The van der Waals surface area contributed by atoms with Crippen LogP contribution < -0.4 is 25.9 Å². The van der Waals surface area contributed by atoms with Crippen LogP contribution in [0.25, 0.3) is 33.4 Å². The number of hydrogen-bond donors (Lipinski definition) is 0. The fraction of sp³-hybridized carbons (Fsp3) is 0.0278. The standard InChI is InChI=1S/C36H24BNO2/c1-23-18-28(16-17-38-23)29-21-34-36-35(22-29)40-33-20-27(25-10-6-3-7-11-25)13-15-31(33)37(36)30-14-12-26(19-32(30)39-34)24-8-4-2-5-9-24/h2-22H,1H3. The van der Waals surface area contributed by atoms with E-state index in [1.165, 1.54) is 11.1 Å². The summed E-state index contributed by atoms with van der Waals surface area (Å²) in [6.45, 7) is 2.03. The first-order valence-corrected chi connectivity index (χ1v) is 13.6. The predicted molar refractivity (Wildman–Crippen MR) is 163 cm³/mol. The number of benzene rings is 5. The van der Waals surface area contributed by atoms with Gasteiger partial charge in [0.25, 0.3) is 6.71 Å². The first-order chi connectivity index (χ1) is 19.7. The molecule has 5 aromatic carbocycles. The molecule has 8 rings (SSSR count). The topological polar surface area (TPSA) is 31.4 Å². The van der Waals surface area contributed by atoms with Crippen LogP contribution in [0.5, 0.6) is 23.0 Å². The van der Waals surface area contributed by atoms with Crippen LogP contribution in [0.4, 0.5) is 0 Å². The molecule has 0 unspecified atom stereocenters. The molecule has 2 aliphatic rings. The van der Waals surface area contributed by atoms with E-state index in [0.29, 0.717) is 0 Å². The number of nitrogens with zero attached hydrogens (tertiary/aromatic N) is 1. The zero-order valence-electron chi connectivity index (χ0n) is 22.0. The van der Waals surface area contributed by atoms with Crippen LogP contribution in [-0.2, 0) is 0 Å². The third-order valence-electron chi connectivity index (χ3n) is 7.93. The lowest BCUT2D eigenvalue weighted by Gasteiger charge is -2.34. The Hall–Kier alpha value is -5.09. The van der Waals surface area contributed by atoms with Crippen molar-refractivity contribution in [3.63, 3.8) is 0 Å². The van der Waals surface area contributed by atoms with Gasteiger partial charge in [-0.05, 0) is 87.6 Å². The Morgan fingerprint density at radius 1 is 0.475 bits per heavy atom. The lowest BCUT2D eigenvalue weighted by Crippen LogP contribution is -2.57. The highest BCUT2D eigenvalue weighted by molar-refractivity contribution is 6.98. The van der Waals surface area contributed by atoms with E-state index in [9.17, 15) is 0 Å². The van der Waals surface area contributed by atoms with Gasteiger partial charge in [0.1, 0.15) is 23.0 Å². The molecular weight excluding hydrogens is 489 g/mol. The van der Waals surface area contributed by atoms with Crippen LogP contribution in [0, 0.1) is 6.92 Å². The van der Waals surface area contributed by atoms with Crippen LogP contribution in [0.1, 0.15) is 5.69 Å². The van der Waals surface area contributed by atoms with Gasteiger partial charge in [-0.2, -0.15) is 0 Å². The van der Waals surface area contributed by atoms with Crippen LogP contribution in [0.15, 0.2) is 128 Å². The second-order valence-corrected chi connectivity index (χ2v) is 10.4. The number of aromatic nitrogens is 1. The summed E-state index contributed by atoms with van der Waals surface area (Å²) >= 11 is 0. The molecule has 1 aromatic heterocycles. The van der Waals surface area contributed by atoms with Gasteiger partial charge in [0.2, 0.25) is 0 Å². The molecule has 0 spiro atoms. The summed E-state index contributed by atoms with van der Waals surface area (Å²) < 4.78 is 13.4. The van der Waals surface area contributed by atoms with Gasteiger partial charge in [0, 0.05) is 17.4 Å². The Labute approximate surface area is 233 Å². The first-order valence-electron chi connectivity index (χ1n) is 13.6. The van der Waals surface area contributed by atoms with Gasteiger partial charge in [-0.3, -0.25) is 4.98 Å². The summed E-state index contributed by atoms with van der Waals surface area (Å²) in [6, 6.07) is 42.5. The highest BCUT2D eigenvalue weighted by atomic mass is 16.5. The van der Waals surface area contributed by atoms with Crippen molar-refractivity contribution in [2.24, 2.45) is 0 Å². The highest BCUT2D eigenvalue weighted by Gasteiger charge is 2.40. The van der Waals surface area contributed by atoms with E-state index in [-0.39, 0.29) is 6.71 Å². The van der Waals surface area contributed by atoms with Crippen LogP contribution in [-0.4, -0.2) is 11.7 Å². The summed E-state index contributed by atoms with van der Waals surface area (Å²) in [7, 11) is 0. The van der Waals surface area contributed by atoms with Crippen molar-refractivity contribution in [3.05, 3.63) is 133 Å². The number of aryl methyl sites for hydroxylation is 1. The molecule has 3 heterocycles. The minimum absolute atomic E-state index is 0.0142. The summed E-state index contributed by atoms with van der Waals surface area (Å²) in [5, 5.41) is 0. The summed E-state index contributed by atoms with van der Waals surface area (Å²) in [4.78, 5) is 4.39. The Morgan fingerprint density at radius 3 is 1.50 bits per heavy atom. The maximum absolute atomic E-state index is 6.69. The molecule has 0 amide bonds. The van der Waals surface area contributed by atoms with Crippen LogP contribution in [0.3, 0.4) is 0 Å². The Bertz CT molecular complexity index is 1800. The van der Waals surface area contributed by atoms with Gasteiger partial charge < -0.3 is 9.47 Å². The van der Waals surface area contributed by atoms with Crippen molar-refractivity contribution >= 4 is 23.1 Å². The second kappa shape index (κ2) is 8.99. The molecule has 40 heavy (non-hydrogen) atoms. The highest BCUT2D eigenvalue weighted by Crippen LogP contribution is 2.40. The van der Waals surface area contributed by atoms with Crippen molar-refractivity contribution < 1.29 is 9.47 Å². The number of ether oxygens (including phenoxy) is 2. The Morgan fingerprint density at radius 2 is 0.975 bits per heavy atom. The minimum atomic E-state index is 0.0142. The molecule has 0 N–H and O–H groups in total. The molecule has 6 aromatic rings. The molecule has 0 fully saturated rings. The summed E-state index contributed by atoms with van der Waals surface area (Å²) in [6.07, 6.45) is 1.85. The molecule has 2 aliphatic heterocycles.